The van der Waals surface area contributed by atoms with Gasteiger partial charge in [0.05, 0.1) is 11.5 Å². The Morgan fingerprint density at radius 3 is 2.56 bits per heavy atom. The molecule has 0 saturated carbocycles. The van der Waals surface area contributed by atoms with Crippen LogP contribution in [-0.2, 0) is 14.6 Å². The molecule has 3 aromatic rings. The van der Waals surface area contributed by atoms with Gasteiger partial charge in [-0.2, -0.15) is 0 Å². The fourth-order valence-electron chi connectivity index (χ4n) is 4.29. The molecule has 0 amide bonds. The van der Waals surface area contributed by atoms with Crippen molar-refractivity contribution in [2.24, 2.45) is 0 Å². The van der Waals surface area contributed by atoms with Gasteiger partial charge in [-0.1, -0.05) is 35.5 Å². The fourth-order valence-corrected chi connectivity index (χ4v) is 5.99. The molecule has 1 saturated heterocycles. The van der Waals surface area contributed by atoms with E-state index in [1.165, 1.54) is 0 Å². The quantitative estimate of drug-likeness (QED) is 0.413. The van der Waals surface area contributed by atoms with Crippen LogP contribution in [0.4, 0.5) is 0 Å². The van der Waals surface area contributed by atoms with Crippen LogP contribution in [0.25, 0.3) is 11.3 Å². The molecule has 4 rings (SSSR count). The van der Waals surface area contributed by atoms with Gasteiger partial charge in [0.25, 0.3) is 0 Å². The Morgan fingerprint density at radius 1 is 1.19 bits per heavy atom. The molecule has 3 heterocycles. The zero-order chi connectivity index (χ0) is 23.0. The van der Waals surface area contributed by atoms with Crippen molar-refractivity contribution in [3.05, 3.63) is 64.7 Å². The Balaban J connectivity index is 1.50. The van der Waals surface area contributed by atoms with Gasteiger partial charge in [-0.25, -0.2) is 13.2 Å². The average molecular weight is 457 g/mol. The number of aryl methyl sites for hydroxylation is 2. The van der Waals surface area contributed by atoms with Gasteiger partial charge in [-0.05, 0) is 33.3 Å². The number of Topliss-reactive ketones (excluding diaryl/α,β-unsaturated/α-hetero) is 1. The van der Waals surface area contributed by atoms with Gasteiger partial charge in [-0.3, -0.25) is 4.79 Å². The highest BCUT2D eigenvalue weighted by Crippen LogP contribution is 2.30. The normalized spacial score (nSPS) is 17.4. The number of benzene rings is 1. The highest BCUT2D eigenvalue weighted by Gasteiger charge is 2.32. The number of sulfone groups is 1. The zero-order valence-corrected chi connectivity index (χ0v) is 18.9. The van der Waals surface area contributed by atoms with E-state index in [4.69, 9.17) is 9.26 Å². The number of hydrogen-bond donors (Lipinski definition) is 0. The monoisotopic (exact) mass is 456 g/mol. The molecule has 0 spiro atoms. The topological polar surface area (TPSA) is 108 Å². The summed E-state index contributed by atoms with van der Waals surface area (Å²) in [6, 6.07) is 10.6. The molecule has 8 nitrogen and oxygen atoms in total. The summed E-state index contributed by atoms with van der Waals surface area (Å²) in [7, 11) is -3.06. The Bertz CT molecular complexity index is 1290. The van der Waals surface area contributed by atoms with Gasteiger partial charge < -0.3 is 13.8 Å². The second-order valence-corrected chi connectivity index (χ2v) is 10.3. The SMILES string of the molecule is Cc1onc(-c2ccccc2)c1C(=O)OCC(=O)c1cc(C)n(C2CCS(=O)(=O)C2)c1C. The lowest BCUT2D eigenvalue weighted by Gasteiger charge is -2.16. The molecule has 2 aromatic heterocycles. The van der Waals surface area contributed by atoms with Gasteiger partial charge >= 0.3 is 5.97 Å². The van der Waals surface area contributed by atoms with Crippen molar-refractivity contribution in [2.45, 2.75) is 33.2 Å². The summed E-state index contributed by atoms with van der Waals surface area (Å²) < 4.78 is 36.2. The van der Waals surface area contributed by atoms with Gasteiger partial charge in [0.15, 0.2) is 16.4 Å². The minimum absolute atomic E-state index is 0.0704. The third-order valence-corrected chi connectivity index (χ3v) is 7.56. The summed E-state index contributed by atoms with van der Waals surface area (Å²) >= 11 is 0. The number of carbonyl (C=O) groups excluding carboxylic acids is 2. The van der Waals surface area contributed by atoms with E-state index in [-0.39, 0.29) is 28.9 Å². The van der Waals surface area contributed by atoms with E-state index in [0.717, 1.165) is 5.69 Å². The van der Waals surface area contributed by atoms with Gasteiger partial charge in [0, 0.05) is 28.6 Å². The Kier molecular flexibility index (Phi) is 5.77. The van der Waals surface area contributed by atoms with Crippen molar-refractivity contribution in [2.75, 3.05) is 18.1 Å². The van der Waals surface area contributed by atoms with Crippen LogP contribution < -0.4 is 0 Å². The Morgan fingerprint density at radius 2 is 1.91 bits per heavy atom. The van der Waals surface area contributed by atoms with Crippen LogP contribution in [-0.4, -0.2) is 48.0 Å². The van der Waals surface area contributed by atoms with E-state index in [0.29, 0.717) is 34.7 Å². The predicted molar refractivity (Wildman–Crippen MR) is 118 cm³/mol. The summed E-state index contributed by atoms with van der Waals surface area (Å²) in [6.45, 7) is 4.80. The summed E-state index contributed by atoms with van der Waals surface area (Å²) in [5, 5.41) is 3.96. The summed E-state index contributed by atoms with van der Waals surface area (Å²) in [5.74, 6) is -0.513. The van der Waals surface area contributed by atoms with E-state index in [9.17, 15) is 18.0 Å². The molecule has 0 N–H and O–H groups in total. The second-order valence-electron chi connectivity index (χ2n) is 8.04. The maximum atomic E-state index is 12.8. The third kappa shape index (κ3) is 4.12. The number of ether oxygens (including phenoxy) is 1. The van der Waals surface area contributed by atoms with E-state index >= 15 is 0 Å². The van der Waals surface area contributed by atoms with Crippen LogP contribution in [0, 0.1) is 20.8 Å². The molecule has 9 heteroatoms. The van der Waals surface area contributed by atoms with Crippen molar-refractivity contribution >= 4 is 21.6 Å². The molecule has 1 aliphatic heterocycles. The highest BCUT2D eigenvalue weighted by molar-refractivity contribution is 7.91. The molecule has 1 aromatic carbocycles. The molecular formula is C23H24N2O6S. The van der Waals surface area contributed by atoms with Crippen molar-refractivity contribution in [3.63, 3.8) is 0 Å². The smallest absolute Gasteiger partial charge is 0.344 e. The fraction of sp³-hybridized carbons (Fsp3) is 0.348. The summed E-state index contributed by atoms with van der Waals surface area (Å²) in [6.07, 6.45) is 0.524. The van der Waals surface area contributed by atoms with Crippen LogP contribution in [0.1, 0.15) is 50.3 Å². The Labute approximate surface area is 186 Å². The number of nitrogens with zero attached hydrogens (tertiary/aromatic N) is 2. The van der Waals surface area contributed by atoms with Crippen LogP contribution in [0.2, 0.25) is 0 Å². The average Bonchev–Trinajstić information content (AvgIpc) is 3.41. The first-order chi connectivity index (χ1) is 15.2. The number of rotatable bonds is 6. The lowest BCUT2D eigenvalue weighted by molar-refractivity contribution is 0.0473. The molecule has 0 bridgehead atoms. The first kappa shape index (κ1) is 22.0. The van der Waals surface area contributed by atoms with E-state index in [1.54, 1.807) is 32.0 Å². The third-order valence-electron chi connectivity index (χ3n) is 5.81. The summed E-state index contributed by atoms with van der Waals surface area (Å²) in [4.78, 5) is 25.6. The van der Waals surface area contributed by atoms with Crippen molar-refractivity contribution in [3.8, 4) is 11.3 Å². The molecular weight excluding hydrogens is 432 g/mol. The van der Waals surface area contributed by atoms with Crippen LogP contribution in [0.3, 0.4) is 0 Å². The van der Waals surface area contributed by atoms with Crippen LogP contribution in [0.15, 0.2) is 40.9 Å². The van der Waals surface area contributed by atoms with E-state index in [2.05, 4.69) is 5.16 Å². The highest BCUT2D eigenvalue weighted by atomic mass is 32.2. The van der Waals surface area contributed by atoms with Crippen molar-refractivity contribution in [1.82, 2.24) is 9.72 Å². The molecule has 32 heavy (non-hydrogen) atoms. The maximum Gasteiger partial charge on any atom is 0.344 e. The first-order valence-electron chi connectivity index (χ1n) is 10.3. The minimum atomic E-state index is -3.06. The number of carbonyl (C=O) groups is 2. The standard InChI is InChI=1S/C23H24N2O6S/c1-14-11-19(15(2)25(14)18-9-10-32(28,29)13-18)20(26)12-30-23(27)21-16(3)31-24-22(21)17-7-5-4-6-8-17/h4-8,11,18H,9-10,12-13H2,1-3H3. The van der Waals surface area contributed by atoms with E-state index in [1.807, 2.05) is 29.7 Å². The molecule has 168 valence electrons. The van der Waals surface area contributed by atoms with Gasteiger partial charge in [0.1, 0.15) is 17.0 Å². The van der Waals surface area contributed by atoms with Gasteiger partial charge in [0.2, 0.25) is 5.78 Å². The second kappa shape index (κ2) is 8.38. The largest absolute Gasteiger partial charge is 0.454 e. The summed E-state index contributed by atoms with van der Waals surface area (Å²) in [5.41, 5.74) is 3.16. The molecule has 1 unspecified atom stereocenters. The lowest BCUT2D eigenvalue weighted by Crippen LogP contribution is -2.17. The molecule has 1 atom stereocenters. The predicted octanol–water partition coefficient (Wildman–Crippen LogP) is 3.47. The molecule has 0 aliphatic carbocycles. The van der Waals surface area contributed by atoms with Crippen LogP contribution >= 0.6 is 0 Å². The zero-order valence-electron chi connectivity index (χ0n) is 18.1. The molecule has 1 fully saturated rings. The van der Waals surface area contributed by atoms with Crippen molar-refractivity contribution < 1.29 is 27.3 Å². The van der Waals surface area contributed by atoms with Gasteiger partial charge in [-0.15, -0.1) is 0 Å². The maximum absolute atomic E-state index is 12.8. The number of hydrogen-bond acceptors (Lipinski definition) is 7. The Hall–Kier alpha value is -3.20. The minimum Gasteiger partial charge on any atom is -0.454 e. The number of esters is 1. The number of ketones is 1. The number of aromatic nitrogens is 2. The molecule has 1 aliphatic rings. The molecule has 0 radical (unpaired) electrons. The van der Waals surface area contributed by atoms with E-state index < -0.39 is 22.4 Å². The van der Waals surface area contributed by atoms with Crippen molar-refractivity contribution in [1.29, 1.82) is 0 Å². The van der Waals surface area contributed by atoms with Crippen LogP contribution in [0.5, 0.6) is 0 Å². The first-order valence-corrected chi connectivity index (χ1v) is 12.1. The lowest BCUT2D eigenvalue weighted by atomic mass is 10.1.